The van der Waals surface area contributed by atoms with Crippen LogP contribution in [-0.2, 0) is 4.79 Å². The average molecular weight is 167 g/mol. The Morgan fingerprint density at radius 1 is 1.67 bits per heavy atom. The quantitative estimate of drug-likeness (QED) is 0.650. The molecule has 0 saturated carbocycles. The fraction of sp³-hybridized carbons (Fsp3) is 0.429. The van der Waals surface area contributed by atoms with Gasteiger partial charge in [0.25, 0.3) is 0 Å². The molecule has 1 aliphatic rings. The first-order valence-corrected chi connectivity index (χ1v) is 3.64. The summed E-state index contributed by atoms with van der Waals surface area (Å²) in [4.78, 5) is 28.3. The second-order valence-corrected chi connectivity index (χ2v) is 2.27. The lowest BCUT2D eigenvalue weighted by atomic mass is 10.3. The molecule has 0 atom stereocenters. The third kappa shape index (κ3) is 2.26. The molecular formula is C7H9N3O2. The lowest BCUT2D eigenvalue weighted by Crippen LogP contribution is -2.25. The maximum absolute atomic E-state index is 10.9. The molecule has 1 rings (SSSR count). The van der Waals surface area contributed by atoms with Crippen molar-refractivity contribution in [3.8, 4) is 0 Å². The highest BCUT2D eigenvalue weighted by Gasteiger charge is 2.11. The van der Waals surface area contributed by atoms with Crippen LogP contribution in [-0.4, -0.2) is 30.4 Å². The van der Waals surface area contributed by atoms with E-state index in [1.165, 1.54) is 6.21 Å². The minimum absolute atomic E-state index is 0.128. The van der Waals surface area contributed by atoms with Gasteiger partial charge in [0.2, 0.25) is 5.91 Å². The molecule has 0 bridgehead atoms. The monoisotopic (exact) mass is 167 g/mol. The second kappa shape index (κ2) is 3.75. The molecule has 1 N–H and O–H groups in total. The van der Waals surface area contributed by atoms with Crippen LogP contribution in [0.2, 0.25) is 0 Å². The smallest absolute Gasteiger partial charge is 0.356 e. The van der Waals surface area contributed by atoms with E-state index in [1.807, 2.05) is 6.92 Å². The second-order valence-electron chi connectivity index (χ2n) is 2.27. The highest BCUT2D eigenvalue weighted by Crippen LogP contribution is 1.95. The van der Waals surface area contributed by atoms with Gasteiger partial charge in [0.1, 0.15) is 0 Å². The van der Waals surface area contributed by atoms with Crippen LogP contribution in [0.1, 0.15) is 13.3 Å². The topological polar surface area (TPSA) is 70.9 Å². The van der Waals surface area contributed by atoms with E-state index in [9.17, 15) is 9.59 Å². The molecule has 0 saturated heterocycles. The van der Waals surface area contributed by atoms with Crippen LogP contribution in [0.3, 0.4) is 0 Å². The Bertz CT molecular complexity index is 268. The van der Waals surface area contributed by atoms with E-state index in [2.05, 4.69) is 15.3 Å². The molecule has 1 heterocycles. The number of carbonyl (C=O) groups excluding carboxylic acids is 2. The number of urea groups is 1. The van der Waals surface area contributed by atoms with Gasteiger partial charge in [0.05, 0.1) is 18.3 Å². The van der Waals surface area contributed by atoms with Crippen LogP contribution < -0.4 is 5.32 Å². The summed E-state index contributed by atoms with van der Waals surface area (Å²) in [7, 11) is 0. The van der Waals surface area contributed by atoms with Crippen LogP contribution in [0.25, 0.3) is 0 Å². The predicted molar refractivity (Wildman–Crippen MR) is 44.6 cm³/mol. The van der Waals surface area contributed by atoms with Crippen LogP contribution in [0.5, 0.6) is 0 Å². The highest BCUT2D eigenvalue weighted by molar-refractivity contribution is 6.40. The molecule has 0 unspecified atom stereocenters. The van der Waals surface area contributed by atoms with E-state index in [0.717, 1.165) is 0 Å². The first-order valence-electron chi connectivity index (χ1n) is 3.64. The number of nitrogens with zero attached hydrogens (tertiary/aromatic N) is 2. The summed E-state index contributed by atoms with van der Waals surface area (Å²) in [6.07, 6.45) is 1.45. The van der Waals surface area contributed by atoms with Crippen molar-refractivity contribution in [2.75, 3.05) is 6.54 Å². The lowest BCUT2D eigenvalue weighted by Gasteiger charge is -1.97. The molecule has 0 fully saturated rings. The number of nitrogens with one attached hydrogen (secondary N) is 1. The van der Waals surface area contributed by atoms with Crippen molar-refractivity contribution in [2.24, 2.45) is 9.98 Å². The molecule has 0 aromatic rings. The molecule has 64 valence electrons. The molecule has 12 heavy (non-hydrogen) atoms. The molecule has 0 aromatic heterocycles. The summed E-state index contributed by atoms with van der Waals surface area (Å²) in [6, 6.07) is -0.533. The van der Waals surface area contributed by atoms with E-state index in [-0.39, 0.29) is 12.3 Å². The van der Waals surface area contributed by atoms with E-state index in [1.54, 1.807) is 0 Å². The summed E-state index contributed by atoms with van der Waals surface area (Å²) in [5.74, 6) is -0.141. The molecule has 5 heteroatoms. The molecular weight excluding hydrogens is 158 g/mol. The predicted octanol–water partition coefficient (Wildman–Crippen LogP) is 0.158. The maximum atomic E-state index is 10.9. The zero-order chi connectivity index (χ0) is 8.97. The highest BCUT2D eigenvalue weighted by atomic mass is 16.2. The van der Waals surface area contributed by atoms with Gasteiger partial charge in [-0.3, -0.25) is 4.79 Å². The zero-order valence-corrected chi connectivity index (χ0v) is 6.70. The minimum Gasteiger partial charge on any atom is -0.356 e. The van der Waals surface area contributed by atoms with Gasteiger partial charge >= 0.3 is 6.03 Å². The first kappa shape index (κ1) is 8.58. The van der Waals surface area contributed by atoms with Gasteiger partial charge < -0.3 is 5.32 Å². The summed E-state index contributed by atoms with van der Waals surface area (Å²) < 4.78 is 0. The van der Waals surface area contributed by atoms with Crippen molar-refractivity contribution in [3.05, 3.63) is 0 Å². The van der Waals surface area contributed by atoms with E-state index >= 15 is 0 Å². The number of hydrogen-bond donors (Lipinski definition) is 1. The summed E-state index contributed by atoms with van der Waals surface area (Å²) in [5.41, 5.74) is 0.422. The molecule has 3 amide bonds. The van der Waals surface area contributed by atoms with Gasteiger partial charge in [0.15, 0.2) is 0 Å². The SMILES string of the molecule is CCNC(=O)CC1=NC(=O)N=C1. The van der Waals surface area contributed by atoms with Crippen molar-refractivity contribution in [1.82, 2.24) is 5.32 Å². The number of hydrogen-bond acceptors (Lipinski definition) is 2. The van der Waals surface area contributed by atoms with E-state index < -0.39 is 6.03 Å². The Morgan fingerprint density at radius 3 is 2.92 bits per heavy atom. The van der Waals surface area contributed by atoms with Gasteiger partial charge in [-0.05, 0) is 6.92 Å². The van der Waals surface area contributed by atoms with Crippen molar-refractivity contribution >= 4 is 23.9 Å². The van der Waals surface area contributed by atoms with Crippen molar-refractivity contribution in [1.29, 1.82) is 0 Å². The minimum atomic E-state index is -0.533. The fourth-order valence-corrected chi connectivity index (χ4v) is 0.820. The van der Waals surface area contributed by atoms with Gasteiger partial charge in [-0.15, -0.1) is 0 Å². The normalized spacial score (nSPS) is 14.8. The van der Waals surface area contributed by atoms with Crippen LogP contribution in [0.4, 0.5) is 4.79 Å². The summed E-state index contributed by atoms with van der Waals surface area (Å²) in [5, 5.41) is 2.59. The lowest BCUT2D eigenvalue weighted by molar-refractivity contribution is -0.119. The van der Waals surface area contributed by atoms with Crippen LogP contribution in [0.15, 0.2) is 9.98 Å². The molecule has 0 spiro atoms. The number of carbonyl (C=O) groups is 2. The van der Waals surface area contributed by atoms with E-state index in [0.29, 0.717) is 12.3 Å². The fourth-order valence-electron chi connectivity index (χ4n) is 0.820. The number of rotatable bonds is 3. The van der Waals surface area contributed by atoms with Gasteiger partial charge in [0, 0.05) is 6.54 Å². The third-order valence-corrected chi connectivity index (χ3v) is 1.28. The average Bonchev–Trinajstić information content (AvgIpc) is 2.36. The van der Waals surface area contributed by atoms with Crippen molar-refractivity contribution in [3.63, 3.8) is 0 Å². The van der Waals surface area contributed by atoms with Gasteiger partial charge in [-0.2, -0.15) is 9.98 Å². The largest absolute Gasteiger partial charge is 0.367 e. The third-order valence-electron chi connectivity index (χ3n) is 1.28. The Labute approximate surface area is 69.6 Å². The Hall–Kier alpha value is -1.52. The Morgan fingerprint density at radius 2 is 2.42 bits per heavy atom. The summed E-state index contributed by atoms with van der Waals surface area (Å²) in [6.45, 7) is 2.41. The molecule has 0 aliphatic carbocycles. The van der Waals surface area contributed by atoms with Gasteiger partial charge in [-0.25, -0.2) is 4.79 Å². The molecule has 0 aromatic carbocycles. The van der Waals surface area contributed by atoms with Crippen molar-refractivity contribution < 1.29 is 9.59 Å². The summed E-state index contributed by atoms with van der Waals surface area (Å²) >= 11 is 0. The maximum Gasteiger partial charge on any atom is 0.367 e. The number of aliphatic imine (C=N–C) groups is 2. The van der Waals surface area contributed by atoms with E-state index in [4.69, 9.17) is 0 Å². The standard InChI is InChI=1S/C7H9N3O2/c1-2-8-6(11)3-5-4-9-7(12)10-5/h4H,2-3H2,1H3,(H,8,11). The number of amides is 3. The van der Waals surface area contributed by atoms with Gasteiger partial charge in [-0.1, -0.05) is 0 Å². The van der Waals surface area contributed by atoms with Crippen LogP contribution in [0, 0.1) is 0 Å². The Kier molecular flexibility index (Phi) is 2.68. The zero-order valence-electron chi connectivity index (χ0n) is 6.70. The molecule has 1 aliphatic heterocycles. The van der Waals surface area contributed by atoms with Crippen molar-refractivity contribution in [2.45, 2.75) is 13.3 Å². The Balaban J connectivity index is 2.42. The molecule has 5 nitrogen and oxygen atoms in total. The molecule has 0 radical (unpaired) electrons. The van der Waals surface area contributed by atoms with Crippen LogP contribution >= 0.6 is 0 Å². The first-order chi connectivity index (χ1) is 5.72.